The second kappa shape index (κ2) is 11.3. The van der Waals surface area contributed by atoms with E-state index in [4.69, 9.17) is 20.1 Å². The first-order valence-corrected chi connectivity index (χ1v) is 5.78. The molecule has 3 N–H and O–H groups in total. The molecule has 0 rings (SSSR count). The number of rotatable bonds is 11. The molecule has 0 aliphatic heterocycles. The van der Waals surface area contributed by atoms with Crippen molar-refractivity contribution in [2.24, 2.45) is 11.8 Å². The molecule has 0 spiro atoms. The van der Waals surface area contributed by atoms with Gasteiger partial charge in [0.1, 0.15) is 0 Å². The van der Waals surface area contributed by atoms with Crippen LogP contribution in [0, 0.1) is 5.92 Å². The van der Waals surface area contributed by atoms with Crippen LogP contribution in [0.1, 0.15) is 19.8 Å². The van der Waals surface area contributed by atoms with Crippen LogP contribution in [0.2, 0.25) is 0 Å². The Labute approximate surface area is 98.6 Å². The van der Waals surface area contributed by atoms with E-state index in [1.165, 1.54) is 0 Å². The zero-order valence-corrected chi connectivity index (χ0v) is 10.7. The van der Waals surface area contributed by atoms with Gasteiger partial charge in [-0.05, 0) is 18.8 Å². The molecule has 0 amide bonds. The molecule has 0 saturated carbocycles. The monoisotopic (exact) mass is 234 g/mol. The van der Waals surface area contributed by atoms with Gasteiger partial charge in [0.15, 0.2) is 0 Å². The molecule has 0 bridgehead atoms. The smallest absolute Gasteiger partial charge is 0.0700 e. The zero-order valence-electron chi connectivity index (χ0n) is 10.7. The van der Waals surface area contributed by atoms with Crippen molar-refractivity contribution >= 4 is 0 Å². The summed E-state index contributed by atoms with van der Waals surface area (Å²) in [6, 6.07) is 0.276. The van der Waals surface area contributed by atoms with Crippen LogP contribution >= 0.6 is 0 Å². The number of nitrogens with one attached hydrogen (secondary N) is 1. The van der Waals surface area contributed by atoms with E-state index in [0.29, 0.717) is 25.7 Å². The highest BCUT2D eigenvalue weighted by Gasteiger charge is 2.15. The molecule has 0 aromatic rings. The fraction of sp³-hybridized carbons (Fsp3) is 1.00. The summed E-state index contributed by atoms with van der Waals surface area (Å²) < 4.78 is 15.4. The maximum atomic E-state index is 5.52. The van der Waals surface area contributed by atoms with Gasteiger partial charge in [0.25, 0.3) is 0 Å². The second-order valence-corrected chi connectivity index (χ2v) is 3.93. The van der Waals surface area contributed by atoms with Gasteiger partial charge in [0.05, 0.1) is 13.2 Å². The second-order valence-electron chi connectivity index (χ2n) is 3.93. The number of ether oxygens (including phenoxy) is 3. The number of hydrogen-bond acceptors (Lipinski definition) is 5. The van der Waals surface area contributed by atoms with Gasteiger partial charge in [-0.3, -0.25) is 11.3 Å². The van der Waals surface area contributed by atoms with Gasteiger partial charge in [-0.2, -0.15) is 0 Å². The SMILES string of the molecule is COCCOCCC(NN)C(C)CCOC. The largest absolute Gasteiger partial charge is 0.385 e. The average molecular weight is 234 g/mol. The van der Waals surface area contributed by atoms with E-state index in [-0.39, 0.29) is 6.04 Å². The Morgan fingerprint density at radius 3 is 2.25 bits per heavy atom. The van der Waals surface area contributed by atoms with Crippen LogP contribution in [0.25, 0.3) is 0 Å². The molecule has 2 unspecified atom stereocenters. The molecule has 2 atom stereocenters. The molecule has 0 saturated heterocycles. The van der Waals surface area contributed by atoms with Crippen LogP contribution < -0.4 is 11.3 Å². The fourth-order valence-corrected chi connectivity index (χ4v) is 1.49. The maximum absolute atomic E-state index is 5.52. The Morgan fingerprint density at radius 1 is 1.00 bits per heavy atom. The Bertz CT molecular complexity index is 147. The van der Waals surface area contributed by atoms with Gasteiger partial charge in [-0.1, -0.05) is 6.92 Å². The summed E-state index contributed by atoms with van der Waals surface area (Å²) in [6.07, 6.45) is 1.91. The van der Waals surface area contributed by atoms with Crippen LogP contribution in [-0.4, -0.2) is 46.7 Å². The first kappa shape index (κ1) is 15.8. The van der Waals surface area contributed by atoms with Crippen LogP contribution in [-0.2, 0) is 14.2 Å². The highest BCUT2D eigenvalue weighted by atomic mass is 16.5. The van der Waals surface area contributed by atoms with Crippen LogP contribution in [0.3, 0.4) is 0 Å². The summed E-state index contributed by atoms with van der Waals surface area (Å²) in [5.41, 5.74) is 2.83. The molecule has 0 fully saturated rings. The van der Waals surface area contributed by atoms with E-state index in [0.717, 1.165) is 19.4 Å². The van der Waals surface area contributed by atoms with Gasteiger partial charge in [0.2, 0.25) is 0 Å². The van der Waals surface area contributed by atoms with Crippen molar-refractivity contribution in [1.82, 2.24) is 5.43 Å². The van der Waals surface area contributed by atoms with Gasteiger partial charge in [0, 0.05) is 33.5 Å². The van der Waals surface area contributed by atoms with Crippen molar-refractivity contribution in [3.8, 4) is 0 Å². The standard InChI is InChI=1S/C11H26N2O3/c1-10(4-6-14-2)11(13-12)5-7-16-9-8-15-3/h10-11,13H,4-9,12H2,1-3H3. The summed E-state index contributed by atoms with van der Waals surface area (Å²) in [5, 5.41) is 0. The first-order valence-electron chi connectivity index (χ1n) is 5.78. The molecule has 0 heterocycles. The lowest BCUT2D eigenvalue weighted by molar-refractivity contribution is 0.0619. The van der Waals surface area contributed by atoms with Gasteiger partial charge in [-0.25, -0.2) is 0 Å². The van der Waals surface area contributed by atoms with E-state index >= 15 is 0 Å². The fourth-order valence-electron chi connectivity index (χ4n) is 1.49. The van der Waals surface area contributed by atoms with E-state index in [1.807, 2.05) is 0 Å². The molecular formula is C11H26N2O3. The van der Waals surface area contributed by atoms with Crippen molar-refractivity contribution in [3.63, 3.8) is 0 Å². The van der Waals surface area contributed by atoms with Crippen molar-refractivity contribution in [1.29, 1.82) is 0 Å². The lowest BCUT2D eigenvalue weighted by Crippen LogP contribution is -2.41. The molecule has 0 radical (unpaired) electrons. The molecular weight excluding hydrogens is 208 g/mol. The Hall–Kier alpha value is -0.200. The summed E-state index contributed by atoms with van der Waals surface area (Å²) in [4.78, 5) is 0. The van der Waals surface area contributed by atoms with Crippen molar-refractivity contribution in [3.05, 3.63) is 0 Å². The highest BCUT2D eigenvalue weighted by Crippen LogP contribution is 2.11. The number of hydrazine groups is 1. The quantitative estimate of drug-likeness (QED) is 0.310. The van der Waals surface area contributed by atoms with Crippen LogP contribution in [0.5, 0.6) is 0 Å². The summed E-state index contributed by atoms with van der Waals surface area (Å²) in [5.74, 6) is 6.00. The molecule has 5 heteroatoms. The summed E-state index contributed by atoms with van der Waals surface area (Å²) in [6.45, 7) is 4.92. The molecule has 98 valence electrons. The van der Waals surface area contributed by atoms with Crippen LogP contribution in [0.4, 0.5) is 0 Å². The lowest BCUT2D eigenvalue weighted by atomic mass is 9.97. The highest BCUT2D eigenvalue weighted by molar-refractivity contribution is 4.70. The Morgan fingerprint density at radius 2 is 1.69 bits per heavy atom. The minimum absolute atomic E-state index is 0.276. The normalized spacial score (nSPS) is 15.0. The molecule has 0 aromatic carbocycles. The van der Waals surface area contributed by atoms with E-state index in [9.17, 15) is 0 Å². The van der Waals surface area contributed by atoms with Gasteiger partial charge >= 0.3 is 0 Å². The minimum Gasteiger partial charge on any atom is -0.385 e. The van der Waals surface area contributed by atoms with Crippen LogP contribution in [0.15, 0.2) is 0 Å². The third-order valence-electron chi connectivity index (χ3n) is 2.68. The number of nitrogens with two attached hydrogens (primary N) is 1. The van der Waals surface area contributed by atoms with E-state index in [1.54, 1.807) is 14.2 Å². The van der Waals surface area contributed by atoms with Crippen molar-refractivity contribution in [2.75, 3.05) is 40.6 Å². The first-order chi connectivity index (χ1) is 7.76. The number of hydrogen-bond donors (Lipinski definition) is 2. The van der Waals surface area contributed by atoms with Crippen molar-refractivity contribution in [2.45, 2.75) is 25.8 Å². The molecule has 5 nitrogen and oxygen atoms in total. The third kappa shape index (κ3) is 8.01. The predicted octanol–water partition coefficient (Wildman–Crippen LogP) is 0.544. The Balaban J connectivity index is 3.56. The molecule has 0 aliphatic carbocycles. The van der Waals surface area contributed by atoms with Gasteiger partial charge < -0.3 is 14.2 Å². The molecule has 0 aromatic heterocycles. The van der Waals surface area contributed by atoms with E-state index < -0.39 is 0 Å². The molecule has 16 heavy (non-hydrogen) atoms. The summed E-state index contributed by atoms with van der Waals surface area (Å²) in [7, 11) is 3.38. The Kier molecular flexibility index (Phi) is 11.1. The predicted molar refractivity (Wildman–Crippen MR) is 64.1 cm³/mol. The minimum atomic E-state index is 0.276. The maximum Gasteiger partial charge on any atom is 0.0700 e. The lowest BCUT2D eigenvalue weighted by Gasteiger charge is -2.22. The topological polar surface area (TPSA) is 65.7 Å². The van der Waals surface area contributed by atoms with E-state index in [2.05, 4.69) is 12.3 Å². The molecule has 0 aliphatic rings. The average Bonchev–Trinajstić information content (AvgIpc) is 2.31. The summed E-state index contributed by atoms with van der Waals surface area (Å²) >= 11 is 0. The number of methoxy groups -OCH3 is 2. The third-order valence-corrected chi connectivity index (χ3v) is 2.68. The van der Waals surface area contributed by atoms with Gasteiger partial charge in [-0.15, -0.1) is 0 Å². The van der Waals surface area contributed by atoms with Crippen molar-refractivity contribution < 1.29 is 14.2 Å². The zero-order chi connectivity index (χ0) is 12.2.